The van der Waals surface area contributed by atoms with Gasteiger partial charge in [0.15, 0.2) is 5.78 Å². The van der Waals surface area contributed by atoms with E-state index in [1.165, 1.54) is 0 Å². The molecule has 17 heavy (non-hydrogen) atoms. The molecule has 0 atom stereocenters. The first-order chi connectivity index (χ1) is 8.13. The predicted molar refractivity (Wildman–Crippen MR) is 67.8 cm³/mol. The highest BCUT2D eigenvalue weighted by Crippen LogP contribution is 2.29. The summed E-state index contributed by atoms with van der Waals surface area (Å²) < 4.78 is 0. The Hall–Kier alpha value is -1.35. The second-order valence-corrected chi connectivity index (χ2v) is 4.51. The number of fused-ring (bicyclic) bond motifs is 1. The third-order valence-corrected chi connectivity index (χ3v) is 3.31. The van der Waals surface area contributed by atoms with Crippen molar-refractivity contribution in [3.63, 3.8) is 0 Å². The van der Waals surface area contributed by atoms with Gasteiger partial charge in [0.25, 0.3) is 0 Å². The van der Waals surface area contributed by atoms with Crippen LogP contribution < -0.4 is 5.32 Å². The fourth-order valence-electron chi connectivity index (χ4n) is 2.15. The molecule has 1 aromatic carbocycles. The Morgan fingerprint density at radius 1 is 1.41 bits per heavy atom. The van der Waals surface area contributed by atoms with E-state index in [2.05, 4.69) is 5.32 Å². The van der Waals surface area contributed by atoms with E-state index in [-0.39, 0.29) is 17.6 Å². The van der Waals surface area contributed by atoms with Gasteiger partial charge >= 0.3 is 0 Å². The number of amides is 1. The van der Waals surface area contributed by atoms with Gasteiger partial charge in [0.05, 0.1) is 11.6 Å². The van der Waals surface area contributed by atoms with Crippen molar-refractivity contribution in [3.05, 3.63) is 28.8 Å². The molecule has 1 heterocycles. The number of alkyl halides is 1. The summed E-state index contributed by atoms with van der Waals surface area (Å²) in [6.07, 6.45) is 2.14. The van der Waals surface area contributed by atoms with Gasteiger partial charge in [0.2, 0.25) is 5.91 Å². The monoisotopic (exact) mass is 251 g/mol. The number of nitrogens with one attached hydrogen (secondary N) is 1. The number of hydrogen-bond acceptors (Lipinski definition) is 2. The fourth-order valence-corrected chi connectivity index (χ4v) is 2.29. The summed E-state index contributed by atoms with van der Waals surface area (Å²) in [6.45, 7) is 1.99. The van der Waals surface area contributed by atoms with Crippen LogP contribution in [0.25, 0.3) is 0 Å². The minimum atomic E-state index is -0.148. The molecule has 1 aliphatic heterocycles. The van der Waals surface area contributed by atoms with Crippen LogP contribution in [-0.2, 0) is 11.2 Å². The van der Waals surface area contributed by atoms with E-state index in [4.69, 9.17) is 11.6 Å². The Morgan fingerprint density at radius 2 is 2.18 bits per heavy atom. The Morgan fingerprint density at radius 3 is 2.88 bits per heavy atom. The molecule has 1 aliphatic rings. The van der Waals surface area contributed by atoms with Crippen LogP contribution in [0.3, 0.4) is 0 Å². The molecule has 0 radical (unpaired) electrons. The molecule has 0 aromatic heterocycles. The highest BCUT2D eigenvalue weighted by molar-refractivity contribution is 6.31. The van der Waals surface area contributed by atoms with E-state index in [1.54, 1.807) is 6.07 Å². The molecule has 0 fully saturated rings. The van der Waals surface area contributed by atoms with Crippen LogP contribution in [0.4, 0.5) is 5.69 Å². The largest absolute Gasteiger partial charge is 0.325 e. The highest BCUT2D eigenvalue weighted by atomic mass is 35.5. The minimum Gasteiger partial charge on any atom is -0.325 e. The van der Waals surface area contributed by atoms with Crippen molar-refractivity contribution in [2.45, 2.75) is 26.2 Å². The number of carbonyl (C=O) groups excluding carboxylic acids is 2. The Kier molecular flexibility index (Phi) is 3.48. The zero-order chi connectivity index (χ0) is 12.4. The lowest BCUT2D eigenvalue weighted by Gasteiger charge is -2.14. The van der Waals surface area contributed by atoms with E-state index < -0.39 is 0 Å². The van der Waals surface area contributed by atoms with E-state index in [0.717, 1.165) is 24.0 Å². The summed E-state index contributed by atoms with van der Waals surface area (Å²) in [6, 6.07) is 3.65. The first-order valence-corrected chi connectivity index (χ1v) is 6.18. The number of rotatable bonds is 2. The van der Waals surface area contributed by atoms with Gasteiger partial charge in [-0.15, -0.1) is 11.6 Å². The Labute approximate surface area is 105 Å². The van der Waals surface area contributed by atoms with Crippen LogP contribution in [0.2, 0.25) is 0 Å². The second kappa shape index (κ2) is 4.88. The van der Waals surface area contributed by atoms with Gasteiger partial charge < -0.3 is 5.32 Å². The number of halogens is 1. The number of hydrogen-bond donors (Lipinski definition) is 1. The van der Waals surface area contributed by atoms with E-state index in [1.807, 2.05) is 13.0 Å². The van der Waals surface area contributed by atoms with Crippen LogP contribution in [0.5, 0.6) is 0 Å². The lowest BCUT2D eigenvalue weighted by molar-refractivity contribution is -0.116. The standard InChI is InChI=1S/C13H14ClNO2/c1-8-5-6-10(11(16)7-14)13-9(8)3-2-4-12(17)15-13/h5-6H,2-4,7H2,1H3,(H,15,17). The molecule has 1 amide bonds. The molecule has 90 valence electrons. The number of Topliss-reactive ketones (excluding diaryl/α,β-unsaturated/α-hetero) is 1. The molecule has 4 heteroatoms. The SMILES string of the molecule is Cc1ccc(C(=O)CCl)c2c1CCCC(=O)N2. The first-order valence-electron chi connectivity index (χ1n) is 5.65. The predicted octanol–water partition coefficient (Wildman–Crippen LogP) is 2.69. The van der Waals surface area contributed by atoms with Crippen LogP contribution in [0.1, 0.15) is 34.3 Å². The van der Waals surface area contributed by atoms with Crippen molar-refractivity contribution < 1.29 is 9.59 Å². The number of anilines is 1. The lowest BCUT2D eigenvalue weighted by atomic mass is 9.97. The normalized spacial score (nSPS) is 14.8. The second-order valence-electron chi connectivity index (χ2n) is 4.24. The molecule has 0 saturated heterocycles. The Bertz CT molecular complexity index is 483. The van der Waals surface area contributed by atoms with Gasteiger partial charge in [0.1, 0.15) is 0 Å². The van der Waals surface area contributed by atoms with Crippen LogP contribution >= 0.6 is 11.6 Å². The molecule has 0 unspecified atom stereocenters. The van der Waals surface area contributed by atoms with Crippen molar-refractivity contribution in [1.29, 1.82) is 0 Å². The molecule has 3 nitrogen and oxygen atoms in total. The van der Waals surface area contributed by atoms with Crippen molar-refractivity contribution in [2.75, 3.05) is 11.2 Å². The summed E-state index contributed by atoms with van der Waals surface area (Å²) in [5, 5.41) is 2.83. The van der Waals surface area contributed by atoms with Crippen LogP contribution in [0, 0.1) is 6.92 Å². The summed E-state index contributed by atoms with van der Waals surface area (Å²) in [4.78, 5) is 23.3. The topological polar surface area (TPSA) is 46.2 Å². The zero-order valence-corrected chi connectivity index (χ0v) is 10.4. The lowest BCUT2D eigenvalue weighted by Crippen LogP contribution is -2.14. The number of benzene rings is 1. The van der Waals surface area contributed by atoms with Gasteiger partial charge in [-0.2, -0.15) is 0 Å². The van der Waals surface area contributed by atoms with E-state index >= 15 is 0 Å². The summed E-state index contributed by atoms with van der Waals surface area (Å²) >= 11 is 5.58. The highest BCUT2D eigenvalue weighted by Gasteiger charge is 2.20. The first kappa shape index (κ1) is 12.1. The third kappa shape index (κ3) is 2.34. The van der Waals surface area contributed by atoms with Crippen molar-refractivity contribution in [1.82, 2.24) is 0 Å². The average Bonchev–Trinajstić information content (AvgIpc) is 2.51. The van der Waals surface area contributed by atoms with Gasteiger partial charge in [-0.05, 0) is 37.0 Å². The molecule has 0 aliphatic carbocycles. The van der Waals surface area contributed by atoms with Gasteiger partial charge in [-0.25, -0.2) is 0 Å². The summed E-state index contributed by atoms with van der Waals surface area (Å²) in [5.41, 5.74) is 3.36. The van der Waals surface area contributed by atoms with Crippen LogP contribution in [-0.4, -0.2) is 17.6 Å². The van der Waals surface area contributed by atoms with Crippen molar-refractivity contribution in [3.8, 4) is 0 Å². The van der Waals surface area contributed by atoms with Crippen LogP contribution in [0.15, 0.2) is 12.1 Å². The van der Waals surface area contributed by atoms with Gasteiger partial charge in [0, 0.05) is 12.0 Å². The molecule has 0 spiro atoms. The minimum absolute atomic E-state index is 0.0297. The zero-order valence-electron chi connectivity index (χ0n) is 9.68. The fraction of sp³-hybridized carbons (Fsp3) is 0.385. The average molecular weight is 252 g/mol. The van der Waals surface area contributed by atoms with Crippen molar-refractivity contribution in [2.24, 2.45) is 0 Å². The maximum atomic E-state index is 11.7. The summed E-state index contributed by atoms with van der Waals surface area (Å²) in [5.74, 6) is -0.242. The molecular weight excluding hydrogens is 238 g/mol. The quantitative estimate of drug-likeness (QED) is 0.649. The van der Waals surface area contributed by atoms with Gasteiger partial charge in [-0.1, -0.05) is 6.07 Å². The molecule has 1 aromatic rings. The molecule has 2 rings (SSSR count). The number of aryl methyl sites for hydroxylation is 1. The van der Waals surface area contributed by atoms with Crippen molar-refractivity contribution >= 4 is 29.0 Å². The Balaban J connectivity index is 2.56. The van der Waals surface area contributed by atoms with E-state index in [9.17, 15) is 9.59 Å². The molecule has 0 bridgehead atoms. The van der Waals surface area contributed by atoms with Gasteiger partial charge in [-0.3, -0.25) is 9.59 Å². The summed E-state index contributed by atoms with van der Waals surface area (Å²) in [7, 11) is 0. The van der Waals surface area contributed by atoms with E-state index in [0.29, 0.717) is 17.7 Å². The third-order valence-electron chi connectivity index (χ3n) is 3.06. The molecular formula is C13H14ClNO2. The number of ketones is 1. The molecule has 1 N–H and O–H groups in total. The smallest absolute Gasteiger partial charge is 0.224 e. The maximum absolute atomic E-state index is 11.7. The molecule has 0 saturated carbocycles. The maximum Gasteiger partial charge on any atom is 0.224 e. The number of carbonyl (C=O) groups is 2.